The van der Waals surface area contributed by atoms with E-state index in [-0.39, 0.29) is 0 Å². The standard InChI is InChI=1S/C24H34O/c1-5-18-15(2)12-20-17-14-24(10-11-24)21-13-16(25)6-8-23(21,4)19(17)7-9-22(18,20)3/h13,17-20H,2,5-12,14H2,1,3-4H3/t17-,18-,19+,20+,22-,23-/m1/s1. The molecule has 0 heterocycles. The summed E-state index contributed by atoms with van der Waals surface area (Å²) in [7, 11) is 0. The molecule has 4 saturated carbocycles. The van der Waals surface area contributed by atoms with E-state index in [0.29, 0.717) is 22.0 Å². The van der Waals surface area contributed by atoms with Crippen LogP contribution in [0.25, 0.3) is 0 Å². The van der Waals surface area contributed by atoms with E-state index in [1.807, 2.05) is 0 Å². The maximum absolute atomic E-state index is 12.2. The summed E-state index contributed by atoms with van der Waals surface area (Å²) in [5, 5.41) is 0. The van der Waals surface area contributed by atoms with Gasteiger partial charge in [0, 0.05) is 6.42 Å². The summed E-state index contributed by atoms with van der Waals surface area (Å²) < 4.78 is 0. The van der Waals surface area contributed by atoms with Gasteiger partial charge in [0.2, 0.25) is 0 Å². The summed E-state index contributed by atoms with van der Waals surface area (Å²) >= 11 is 0. The molecule has 5 aliphatic carbocycles. The van der Waals surface area contributed by atoms with Gasteiger partial charge in [-0.15, -0.1) is 0 Å². The minimum absolute atomic E-state index is 0.306. The first-order valence-corrected chi connectivity index (χ1v) is 10.8. The Morgan fingerprint density at radius 2 is 1.92 bits per heavy atom. The number of carbonyl (C=O) groups excluding carboxylic acids is 1. The largest absolute Gasteiger partial charge is 0.295 e. The van der Waals surface area contributed by atoms with E-state index in [1.165, 1.54) is 44.9 Å². The Hall–Kier alpha value is -0.850. The van der Waals surface area contributed by atoms with Gasteiger partial charge in [0.25, 0.3) is 0 Å². The fourth-order valence-electron chi connectivity index (χ4n) is 8.42. The minimum Gasteiger partial charge on any atom is -0.295 e. The van der Waals surface area contributed by atoms with Gasteiger partial charge < -0.3 is 0 Å². The van der Waals surface area contributed by atoms with Crippen LogP contribution >= 0.6 is 0 Å². The van der Waals surface area contributed by atoms with Crippen LogP contribution < -0.4 is 0 Å². The highest BCUT2D eigenvalue weighted by atomic mass is 16.1. The molecule has 5 aliphatic rings. The third-order valence-electron chi connectivity index (χ3n) is 9.73. The Bertz CT molecular complexity index is 680. The van der Waals surface area contributed by atoms with Crippen molar-refractivity contribution in [2.24, 2.45) is 39.9 Å². The van der Waals surface area contributed by atoms with Gasteiger partial charge in [-0.3, -0.25) is 4.79 Å². The van der Waals surface area contributed by atoms with E-state index in [4.69, 9.17) is 0 Å². The third kappa shape index (κ3) is 1.94. The lowest BCUT2D eigenvalue weighted by molar-refractivity contribution is -0.118. The highest BCUT2D eigenvalue weighted by Gasteiger charge is 2.66. The number of carbonyl (C=O) groups is 1. The minimum atomic E-state index is 0.306. The van der Waals surface area contributed by atoms with E-state index in [1.54, 1.807) is 11.1 Å². The van der Waals surface area contributed by atoms with E-state index in [9.17, 15) is 4.79 Å². The lowest BCUT2D eigenvalue weighted by atomic mass is 9.44. The van der Waals surface area contributed by atoms with Crippen molar-refractivity contribution in [2.75, 3.05) is 0 Å². The average Bonchev–Trinajstić information content (AvgIpc) is 3.27. The molecule has 1 nitrogen and oxygen atoms in total. The molecule has 25 heavy (non-hydrogen) atoms. The van der Waals surface area contributed by atoms with Crippen molar-refractivity contribution in [1.82, 2.24) is 0 Å². The second-order valence-electron chi connectivity index (χ2n) is 10.7. The van der Waals surface area contributed by atoms with Gasteiger partial charge in [-0.05, 0) is 97.4 Å². The quantitative estimate of drug-likeness (QED) is 0.528. The van der Waals surface area contributed by atoms with E-state index in [2.05, 4.69) is 33.4 Å². The molecule has 0 N–H and O–H groups in total. The van der Waals surface area contributed by atoms with Crippen molar-refractivity contribution in [1.29, 1.82) is 0 Å². The molecule has 0 radical (unpaired) electrons. The van der Waals surface area contributed by atoms with Crippen molar-refractivity contribution < 1.29 is 4.79 Å². The number of rotatable bonds is 1. The van der Waals surface area contributed by atoms with Gasteiger partial charge in [0.05, 0.1) is 0 Å². The van der Waals surface area contributed by atoms with Gasteiger partial charge in [-0.2, -0.15) is 0 Å². The van der Waals surface area contributed by atoms with Crippen LogP contribution in [0.5, 0.6) is 0 Å². The predicted molar refractivity (Wildman–Crippen MR) is 102 cm³/mol. The number of hydrogen-bond acceptors (Lipinski definition) is 1. The second kappa shape index (κ2) is 4.90. The van der Waals surface area contributed by atoms with Gasteiger partial charge in [0.1, 0.15) is 0 Å². The average molecular weight is 339 g/mol. The summed E-state index contributed by atoms with van der Waals surface area (Å²) in [5.74, 6) is 3.66. The maximum atomic E-state index is 12.2. The number of hydrogen-bond donors (Lipinski definition) is 0. The van der Waals surface area contributed by atoms with Crippen LogP contribution in [0.3, 0.4) is 0 Å². The van der Waals surface area contributed by atoms with Crippen LogP contribution in [0.15, 0.2) is 23.8 Å². The Morgan fingerprint density at radius 3 is 2.60 bits per heavy atom. The molecule has 0 aromatic rings. The molecule has 0 aromatic heterocycles. The van der Waals surface area contributed by atoms with Crippen LogP contribution in [0, 0.1) is 39.9 Å². The molecule has 0 bridgehead atoms. The summed E-state index contributed by atoms with van der Waals surface area (Å²) in [6.07, 6.45) is 13.4. The van der Waals surface area contributed by atoms with Gasteiger partial charge >= 0.3 is 0 Å². The first kappa shape index (κ1) is 16.3. The van der Waals surface area contributed by atoms with Crippen molar-refractivity contribution in [3.63, 3.8) is 0 Å². The molecule has 0 aromatic carbocycles. The van der Waals surface area contributed by atoms with Crippen LogP contribution in [-0.2, 0) is 4.79 Å². The maximum Gasteiger partial charge on any atom is 0.155 e. The Kier molecular flexibility index (Phi) is 3.20. The molecule has 136 valence electrons. The smallest absolute Gasteiger partial charge is 0.155 e. The van der Waals surface area contributed by atoms with E-state index >= 15 is 0 Å². The monoisotopic (exact) mass is 338 g/mol. The lowest BCUT2D eigenvalue weighted by Crippen LogP contribution is -2.53. The fourth-order valence-corrected chi connectivity index (χ4v) is 8.42. The SMILES string of the molecule is C=C1C[C@H]2[C@@H]3CC4(CC4)C4=CC(=O)CC[C@]4(C)[C@H]3CC[C@]2(C)[C@@H]1CC. The van der Waals surface area contributed by atoms with E-state index < -0.39 is 0 Å². The first-order chi connectivity index (χ1) is 11.8. The van der Waals surface area contributed by atoms with Crippen LogP contribution in [0.1, 0.15) is 78.6 Å². The topological polar surface area (TPSA) is 17.1 Å². The van der Waals surface area contributed by atoms with Crippen molar-refractivity contribution >= 4 is 5.78 Å². The number of allylic oxidation sites excluding steroid dienone is 2. The predicted octanol–water partition coefficient (Wildman–Crippen LogP) is 6.10. The van der Waals surface area contributed by atoms with E-state index in [0.717, 1.165) is 36.5 Å². The molecular formula is C24H34O. The normalized spacial score (nSPS) is 50.1. The van der Waals surface area contributed by atoms with Crippen molar-refractivity contribution in [3.05, 3.63) is 23.8 Å². The first-order valence-electron chi connectivity index (χ1n) is 10.8. The summed E-state index contributed by atoms with van der Waals surface area (Å²) in [5.41, 5.74) is 4.34. The Balaban J connectivity index is 1.58. The molecule has 1 heteroatoms. The summed E-state index contributed by atoms with van der Waals surface area (Å²) in [6, 6.07) is 0. The summed E-state index contributed by atoms with van der Waals surface area (Å²) in [4.78, 5) is 12.2. The molecular weight excluding hydrogens is 304 g/mol. The highest BCUT2D eigenvalue weighted by Crippen LogP contribution is 2.75. The Morgan fingerprint density at radius 1 is 1.16 bits per heavy atom. The summed E-state index contributed by atoms with van der Waals surface area (Å²) in [6.45, 7) is 12.0. The molecule has 4 fully saturated rings. The molecule has 0 amide bonds. The second-order valence-corrected chi connectivity index (χ2v) is 10.7. The molecule has 0 unspecified atom stereocenters. The zero-order valence-corrected chi connectivity index (χ0v) is 16.4. The third-order valence-corrected chi connectivity index (χ3v) is 9.73. The van der Waals surface area contributed by atoms with Crippen molar-refractivity contribution in [3.8, 4) is 0 Å². The van der Waals surface area contributed by atoms with Gasteiger partial charge in [0.15, 0.2) is 5.78 Å². The molecule has 0 aliphatic heterocycles. The van der Waals surface area contributed by atoms with Crippen LogP contribution in [0.2, 0.25) is 0 Å². The highest BCUT2D eigenvalue weighted by molar-refractivity contribution is 5.92. The van der Waals surface area contributed by atoms with Crippen molar-refractivity contribution in [2.45, 2.75) is 78.6 Å². The zero-order valence-electron chi connectivity index (χ0n) is 16.4. The number of ketones is 1. The van der Waals surface area contributed by atoms with Gasteiger partial charge in [-0.25, -0.2) is 0 Å². The van der Waals surface area contributed by atoms with Gasteiger partial charge in [-0.1, -0.05) is 38.5 Å². The number of fused-ring (bicyclic) bond motifs is 6. The van der Waals surface area contributed by atoms with Crippen LogP contribution in [0.4, 0.5) is 0 Å². The molecule has 0 saturated heterocycles. The fraction of sp³-hybridized carbons (Fsp3) is 0.792. The molecule has 5 rings (SSSR count). The Labute approximate surface area is 153 Å². The lowest BCUT2D eigenvalue weighted by Gasteiger charge is -2.60. The molecule has 6 atom stereocenters. The zero-order chi connectivity index (χ0) is 17.6. The van der Waals surface area contributed by atoms with Crippen LogP contribution in [-0.4, -0.2) is 5.78 Å². The molecule has 1 spiro atoms.